The molecule has 0 amide bonds. The summed E-state index contributed by atoms with van der Waals surface area (Å²) in [6.07, 6.45) is 0. The van der Waals surface area contributed by atoms with Crippen LogP contribution < -0.4 is 20.4 Å². The van der Waals surface area contributed by atoms with E-state index < -0.39 is 0 Å². The van der Waals surface area contributed by atoms with Crippen molar-refractivity contribution in [3.05, 3.63) is 54.1 Å². The van der Waals surface area contributed by atoms with Crippen LogP contribution in [0.2, 0.25) is 0 Å². The second kappa shape index (κ2) is 9.34. The number of hydrogen-bond donors (Lipinski definition) is 2. The van der Waals surface area contributed by atoms with Crippen molar-refractivity contribution < 1.29 is 9.47 Å². The second-order valence-electron chi connectivity index (χ2n) is 6.11. The van der Waals surface area contributed by atoms with Crippen molar-refractivity contribution in [2.75, 3.05) is 43.6 Å². The van der Waals surface area contributed by atoms with Gasteiger partial charge in [0.05, 0.1) is 31.7 Å². The van der Waals surface area contributed by atoms with E-state index >= 15 is 0 Å². The molecule has 1 heterocycles. The highest BCUT2D eigenvalue weighted by molar-refractivity contribution is 7.80. The third-order valence-corrected chi connectivity index (χ3v) is 4.53. The predicted molar refractivity (Wildman–Crippen MR) is 114 cm³/mol. The van der Waals surface area contributed by atoms with E-state index in [2.05, 4.69) is 45.0 Å². The first-order chi connectivity index (χ1) is 13.2. The summed E-state index contributed by atoms with van der Waals surface area (Å²) >= 11 is 5.31. The highest BCUT2D eigenvalue weighted by atomic mass is 32.1. The van der Waals surface area contributed by atoms with Gasteiger partial charge in [0.2, 0.25) is 0 Å². The van der Waals surface area contributed by atoms with Gasteiger partial charge in [0.25, 0.3) is 0 Å². The summed E-state index contributed by atoms with van der Waals surface area (Å²) in [5, 5.41) is 7.87. The molecule has 2 aromatic rings. The van der Waals surface area contributed by atoms with Crippen LogP contribution in [0.4, 0.5) is 11.4 Å². The number of hydrazone groups is 1. The molecule has 1 aliphatic rings. The molecule has 142 valence electrons. The number of anilines is 2. The maximum absolute atomic E-state index is 5.40. The summed E-state index contributed by atoms with van der Waals surface area (Å²) < 4.78 is 10.7. The highest BCUT2D eigenvalue weighted by Crippen LogP contribution is 2.22. The lowest BCUT2D eigenvalue weighted by Gasteiger charge is -2.28. The zero-order chi connectivity index (χ0) is 19.1. The first-order valence-corrected chi connectivity index (χ1v) is 9.25. The van der Waals surface area contributed by atoms with E-state index in [1.165, 1.54) is 5.69 Å². The fourth-order valence-corrected chi connectivity index (χ4v) is 2.99. The Bertz CT molecular complexity index is 802. The van der Waals surface area contributed by atoms with Crippen LogP contribution in [0.3, 0.4) is 0 Å². The number of rotatable bonds is 5. The van der Waals surface area contributed by atoms with Crippen molar-refractivity contribution >= 4 is 34.4 Å². The van der Waals surface area contributed by atoms with Gasteiger partial charge in [0.15, 0.2) is 5.11 Å². The Hall–Kier alpha value is -2.64. The van der Waals surface area contributed by atoms with Crippen LogP contribution in [0.5, 0.6) is 5.75 Å². The largest absolute Gasteiger partial charge is 0.495 e. The molecule has 7 heteroatoms. The molecule has 1 saturated heterocycles. The fourth-order valence-electron chi connectivity index (χ4n) is 2.83. The summed E-state index contributed by atoms with van der Waals surface area (Å²) in [4.78, 5) is 2.32. The molecule has 1 aliphatic heterocycles. The molecule has 0 saturated carbocycles. The Labute approximate surface area is 165 Å². The van der Waals surface area contributed by atoms with E-state index in [0.29, 0.717) is 5.11 Å². The van der Waals surface area contributed by atoms with Crippen molar-refractivity contribution in [3.8, 4) is 5.75 Å². The number of morpholine rings is 1. The van der Waals surface area contributed by atoms with E-state index in [1.54, 1.807) is 7.11 Å². The summed E-state index contributed by atoms with van der Waals surface area (Å²) in [7, 11) is 1.62. The SMILES string of the molecule is COc1ccccc1NC(=S)N/N=C(/C)c1ccc(N2CCOCC2)cc1. The van der Waals surface area contributed by atoms with Crippen LogP contribution in [0.1, 0.15) is 12.5 Å². The zero-order valence-electron chi connectivity index (χ0n) is 15.6. The number of ether oxygens (including phenoxy) is 2. The van der Waals surface area contributed by atoms with Crippen molar-refractivity contribution in [1.29, 1.82) is 0 Å². The minimum Gasteiger partial charge on any atom is -0.495 e. The van der Waals surface area contributed by atoms with Crippen LogP contribution in [-0.2, 0) is 4.74 Å². The third kappa shape index (κ3) is 5.18. The van der Waals surface area contributed by atoms with Crippen LogP contribution in [0, 0.1) is 0 Å². The normalized spacial score (nSPS) is 14.6. The standard InChI is InChI=1S/C20H24N4O2S/c1-15(16-7-9-17(10-8-16)24-11-13-26-14-12-24)22-23-20(27)21-18-5-3-4-6-19(18)25-2/h3-10H,11-14H2,1-2H3,(H2,21,23,27)/b22-15-. The van der Waals surface area contributed by atoms with Gasteiger partial charge in [-0.15, -0.1) is 0 Å². The second-order valence-corrected chi connectivity index (χ2v) is 6.52. The van der Waals surface area contributed by atoms with Gasteiger partial charge in [-0.3, -0.25) is 5.43 Å². The third-order valence-electron chi connectivity index (χ3n) is 4.34. The first kappa shape index (κ1) is 19.1. The van der Waals surface area contributed by atoms with Crippen molar-refractivity contribution in [3.63, 3.8) is 0 Å². The monoisotopic (exact) mass is 384 g/mol. The number of benzene rings is 2. The topological polar surface area (TPSA) is 58.1 Å². The Balaban J connectivity index is 1.59. The van der Waals surface area contributed by atoms with Crippen molar-refractivity contribution in [1.82, 2.24) is 5.43 Å². The lowest BCUT2D eigenvalue weighted by molar-refractivity contribution is 0.122. The van der Waals surface area contributed by atoms with Gasteiger partial charge in [-0.2, -0.15) is 5.10 Å². The van der Waals surface area contributed by atoms with E-state index in [-0.39, 0.29) is 0 Å². The first-order valence-electron chi connectivity index (χ1n) is 8.85. The Morgan fingerprint density at radius 1 is 1.11 bits per heavy atom. The van der Waals surface area contributed by atoms with E-state index in [4.69, 9.17) is 21.7 Å². The van der Waals surface area contributed by atoms with Gasteiger partial charge < -0.3 is 19.7 Å². The molecule has 0 spiro atoms. The summed E-state index contributed by atoms with van der Waals surface area (Å²) in [5.74, 6) is 0.723. The number of thiocarbonyl (C=S) groups is 1. The van der Waals surface area contributed by atoms with Gasteiger partial charge in [0.1, 0.15) is 5.75 Å². The molecule has 2 N–H and O–H groups in total. The molecule has 0 atom stereocenters. The maximum atomic E-state index is 5.40. The molecule has 0 unspecified atom stereocenters. The smallest absolute Gasteiger partial charge is 0.191 e. The van der Waals surface area contributed by atoms with Crippen LogP contribution in [-0.4, -0.2) is 44.2 Å². The van der Waals surface area contributed by atoms with Gasteiger partial charge in [-0.05, 0) is 49.0 Å². The highest BCUT2D eigenvalue weighted by Gasteiger charge is 2.11. The molecule has 6 nitrogen and oxygen atoms in total. The molecule has 2 aromatic carbocycles. The molecule has 27 heavy (non-hydrogen) atoms. The van der Waals surface area contributed by atoms with Crippen LogP contribution in [0.15, 0.2) is 53.6 Å². The van der Waals surface area contributed by atoms with E-state index in [0.717, 1.165) is 49.0 Å². The zero-order valence-corrected chi connectivity index (χ0v) is 16.4. The Morgan fingerprint density at radius 2 is 1.81 bits per heavy atom. The summed E-state index contributed by atoms with van der Waals surface area (Å²) in [5.41, 5.74) is 6.78. The number of nitrogens with one attached hydrogen (secondary N) is 2. The van der Waals surface area contributed by atoms with Crippen molar-refractivity contribution in [2.45, 2.75) is 6.92 Å². The quantitative estimate of drug-likeness (QED) is 0.469. The van der Waals surface area contributed by atoms with Crippen molar-refractivity contribution in [2.24, 2.45) is 5.10 Å². The average Bonchev–Trinajstić information content (AvgIpc) is 2.73. The number of nitrogens with zero attached hydrogens (tertiary/aromatic N) is 2. The lowest BCUT2D eigenvalue weighted by Crippen LogP contribution is -2.36. The molecule has 0 bridgehead atoms. The Morgan fingerprint density at radius 3 is 2.52 bits per heavy atom. The number of hydrogen-bond acceptors (Lipinski definition) is 5. The number of para-hydroxylation sites is 2. The van der Waals surface area contributed by atoms with E-state index in [1.807, 2.05) is 31.2 Å². The molecule has 0 radical (unpaired) electrons. The molecule has 1 fully saturated rings. The van der Waals surface area contributed by atoms with E-state index in [9.17, 15) is 0 Å². The summed E-state index contributed by atoms with van der Waals surface area (Å²) in [6, 6.07) is 16.0. The average molecular weight is 385 g/mol. The maximum Gasteiger partial charge on any atom is 0.191 e. The molecular weight excluding hydrogens is 360 g/mol. The predicted octanol–water partition coefficient (Wildman–Crippen LogP) is 3.24. The van der Waals surface area contributed by atoms with Gasteiger partial charge in [0, 0.05) is 18.8 Å². The van der Waals surface area contributed by atoms with Gasteiger partial charge in [-0.1, -0.05) is 24.3 Å². The lowest BCUT2D eigenvalue weighted by atomic mass is 10.1. The Kier molecular flexibility index (Phi) is 6.62. The molecule has 3 rings (SSSR count). The number of methoxy groups -OCH3 is 1. The van der Waals surface area contributed by atoms with Gasteiger partial charge >= 0.3 is 0 Å². The van der Waals surface area contributed by atoms with Crippen LogP contribution in [0.25, 0.3) is 0 Å². The summed E-state index contributed by atoms with van der Waals surface area (Å²) in [6.45, 7) is 5.36. The van der Waals surface area contributed by atoms with Crippen LogP contribution >= 0.6 is 12.2 Å². The molecule has 0 aliphatic carbocycles. The molecular formula is C20H24N4O2S. The minimum atomic E-state index is 0.406. The fraction of sp³-hybridized carbons (Fsp3) is 0.300. The minimum absolute atomic E-state index is 0.406. The molecule has 0 aromatic heterocycles. The van der Waals surface area contributed by atoms with Gasteiger partial charge in [-0.25, -0.2) is 0 Å².